The number of hydrogen-bond acceptors (Lipinski definition) is 11. The van der Waals surface area contributed by atoms with Gasteiger partial charge in [-0.15, -0.1) is 0 Å². The first-order valence-corrected chi connectivity index (χ1v) is 11.0. The van der Waals surface area contributed by atoms with Crippen molar-refractivity contribution in [2.45, 2.75) is 43.6 Å². The summed E-state index contributed by atoms with van der Waals surface area (Å²) in [6, 6.07) is 7.72. The van der Waals surface area contributed by atoms with E-state index < -0.39 is 0 Å². The Morgan fingerprint density at radius 3 is 1.84 bits per heavy atom. The van der Waals surface area contributed by atoms with E-state index in [4.69, 9.17) is 32.7 Å². The third kappa shape index (κ3) is 5.36. The molecule has 174 valence electrons. The number of nitrogens with one attached hydrogen (secondary N) is 1. The van der Waals surface area contributed by atoms with Crippen LogP contribution in [0.2, 0.25) is 0 Å². The Balaban J connectivity index is 1.62. The summed E-state index contributed by atoms with van der Waals surface area (Å²) in [6.07, 6.45) is 1.56. The molecule has 1 aromatic heterocycles. The Bertz CT molecular complexity index is 848. The number of piperidine rings is 2. The molecule has 4 atom stereocenters. The van der Waals surface area contributed by atoms with Crippen molar-refractivity contribution in [3.05, 3.63) is 29.8 Å². The van der Waals surface area contributed by atoms with Crippen LogP contribution < -0.4 is 42.8 Å². The molecule has 1 aromatic carbocycles. The molecular formula is C21H34N10O. The fraction of sp³-hybridized carbons (Fsp3) is 0.571. The number of ether oxygens (including phenoxy) is 1. The van der Waals surface area contributed by atoms with Gasteiger partial charge in [-0.05, 0) is 18.9 Å². The van der Waals surface area contributed by atoms with E-state index in [0.717, 1.165) is 24.2 Å². The van der Waals surface area contributed by atoms with Gasteiger partial charge in [-0.3, -0.25) is 0 Å². The second-order valence-corrected chi connectivity index (χ2v) is 8.75. The van der Waals surface area contributed by atoms with Crippen molar-refractivity contribution in [1.29, 1.82) is 0 Å². The Hall–Kier alpha value is -2.73. The summed E-state index contributed by atoms with van der Waals surface area (Å²) in [5, 5.41) is 3.32. The standard InChI is InChI=1S/C21H34N10O/c1-32-18-5-3-2-4-13(18)8-26-19-27-20(30-9-14(22)6-15(23)10-30)29-21(28-19)31-11-16(24)7-17(25)12-31/h2-5,14-17H,6-12,22-25H2,1H3,(H,26,27,28,29). The molecule has 2 aromatic rings. The van der Waals surface area contributed by atoms with Crippen LogP contribution in [0.4, 0.5) is 17.8 Å². The SMILES string of the molecule is COc1ccccc1CNc1nc(N2CC(N)CC(N)C2)nc(N2CC(N)CC(N)C2)n1. The summed E-state index contributed by atoms with van der Waals surface area (Å²) in [7, 11) is 1.66. The Kier molecular flexibility index (Phi) is 6.89. The van der Waals surface area contributed by atoms with Gasteiger partial charge < -0.3 is 42.8 Å². The lowest BCUT2D eigenvalue weighted by Gasteiger charge is -2.37. The van der Waals surface area contributed by atoms with Gasteiger partial charge in [0, 0.05) is 62.5 Å². The van der Waals surface area contributed by atoms with E-state index in [0.29, 0.717) is 50.6 Å². The predicted molar refractivity (Wildman–Crippen MR) is 126 cm³/mol. The molecule has 9 N–H and O–H groups in total. The van der Waals surface area contributed by atoms with Crippen LogP contribution in [0, 0.1) is 0 Å². The van der Waals surface area contributed by atoms with Gasteiger partial charge in [-0.1, -0.05) is 18.2 Å². The maximum absolute atomic E-state index is 6.21. The van der Waals surface area contributed by atoms with Gasteiger partial charge in [0.05, 0.1) is 7.11 Å². The summed E-state index contributed by atoms with van der Waals surface area (Å²) in [4.78, 5) is 18.2. The molecule has 0 amide bonds. The number of methoxy groups -OCH3 is 1. The minimum absolute atomic E-state index is 0.0271. The van der Waals surface area contributed by atoms with Crippen LogP contribution in [0.15, 0.2) is 24.3 Å². The van der Waals surface area contributed by atoms with Crippen LogP contribution in [-0.4, -0.2) is 72.4 Å². The molecule has 2 aliphatic heterocycles. The number of aromatic nitrogens is 3. The van der Waals surface area contributed by atoms with Crippen LogP contribution in [0.1, 0.15) is 18.4 Å². The molecule has 32 heavy (non-hydrogen) atoms. The van der Waals surface area contributed by atoms with Crippen molar-refractivity contribution in [1.82, 2.24) is 15.0 Å². The Morgan fingerprint density at radius 1 is 0.844 bits per heavy atom. The number of nitrogens with zero attached hydrogens (tertiary/aromatic N) is 5. The van der Waals surface area contributed by atoms with Crippen LogP contribution in [0.3, 0.4) is 0 Å². The molecule has 4 rings (SSSR count). The molecule has 0 radical (unpaired) electrons. The first-order valence-electron chi connectivity index (χ1n) is 11.0. The topological polar surface area (TPSA) is 170 Å². The van der Waals surface area contributed by atoms with Gasteiger partial charge in [-0.25, -0.2) is 0 Å². The predicted octanol–water partition coefficient (Wildman–Crippen LogP) is -0.778. The van der Waals surface area contributed by atoms with Crippen molar-refractivity contribution in [3.63, 3.8) is 0 Å². The molecule has 2 fully saturated rings. The number of anilines is 3. The maximum atomic E-state index is 6.21. The average molecular weight is 443 g/mol. The highest BCUT2D eigenvalue weighted by molar-refractivity contribution is 5.47. The quantitative estimate of drug-likeness (QED) is 0.380. The van der Waals surface area contributed by atoms with Crippen molar-refractivity contribution < 1.29 is 4.74 Å². The molecule has 11 nitrogen and oxygen atoms in total. The van der Waals surface area contributed by atoms with Crippen LogP contribution in [-0.2, 0) is 6.54 Å². The van der Waals surface area contributed by atoms with Gasteiger partial charge in [0.1, 0.15) is 5.75 Å². The van der Waals surface area contributed by atoms with E-state index in [2.05, 4.69) is 15.3 Å². The highest BCUT2D eigenvalue weighted by Gasteiger charge is 2.28. The lowest BCUT2D eigenvalue weighted by Crippen LogP contribution is -2.54. The van der Waals surface area contributed by atoms with Gasteiger partial charge in [0.25, 0.3) is 0 Å². The van der Waals surface area contributed by atoms with Crippen molar-refractivity contribution in [2.75, 3.05) is 48.4 Å². The highest BCUT2D eigenvalue weighted by atomic mass is 16.5. The van der Waals surface area contributed by atoms with E-state index in [1.165, 1.54) is 0 Å². The zero-order valence-corrected chi connectivity index (χ0v) is 18.5. The lowest BCUT2D eigenvalue weighted by atomic mass is 10.0. The van der Waals surface area contributed by atoms with Gasteiger partial charge >= 0.3 is 0 Å². The molecule has 0 spiro atoms. The van der Waals surface area contributed by atoms with E-state index in [1.54, 1.807) is 7.11 Å². The van der Waals surface area contributed by atoms with Crippen LogP contribution >= 0.6 is 0 Å². The van der Waals surface area contributed by atoms with E-state index in [1.807, 2.05) is 34.1 Å². The molecule has 11 heteroatoms. The minimum atomic E-state index is -0.0271. The molecule has 2 aliphatic rings. The first-order chi connectivity index (χ1) is 15.4. The van der Waals surface area contributed by atoms with Crippen molar-refractivity contribution >= 4 is 17.8 Å². The van der Waals surface area contributed by atoms with E-state index in [9.17, 15) is 0 Å². The second kappa shape index (κ2) is 9.82. The van der Waals surface area contributed by atoms with Crippen LogP contribution in [0.5, 0.6) is 5.75 Å². The number of hydrogen-bond donors (Lipinski definition) is 5. The largest absolute Gasteiger partial charge is 0.496 e. The fourth-order valence-corrected chi connectivity index (χ4v) is 4.42. The Labute approximate surface area is 188 Å². The summed E-state index contributed by atoms with van der Waals surface area (Å²) < 4.78 is 5.45. The number of para-hydroxylation sites is 1. The molecule has 0 bridgehead atoms. The van der Waals surface area contributed by atoms with Crippen LogP contribution in [0.25, 0.3) is 0 Å². The third-order valence-corrected chi connectivity index (χ3v) is 5.84. The first kappa shape index (κ1) is 22.5. The number of rotatable bonds is 6. The van der Waals surface area contributed by atoms with Gasteiger partial charge in [-0.2, -0.15) is 15.0 Å². The lowest BCUT2D eigenvalue weighted by molar-refractivity contribution is 0.410. The molecule has 4 unspecified atom stereocenters. The fourth-order valence-electron chi connectivity index (χ4n) is 4.42. The van der Waals surface area contributed by atoms with Gasteiger partial charge in [0.2, 0.25) is 17.8 Å². The minimum Gasteiger partial charge on any atom is -0.496 e. The molecule has 3 heterocycles. The highest BCUT2D eigenvalue weighted by Crippen LogP contribution is 2.23. The normalized spacial score (nSPS) is 26.2. The molecule has 0 aliphatic carbocycles. The molecule has 2 saturated heterocycles. The van der Waals surface area contributed by atoms with E-state index in [-0.39, 0.29) is 24.2 Å². The summed E-state index contributed by atoms with van der Waals surface area (Å²) in [6.45, 7) is 3.07. The second-order valence-electron chi connectivity index (χ2n) is 8.75. The van der Waals surface area contributed by atoms with Gasteiger partial charge in [0.15, 0.2) is 0 Å². The number of benzene rings is 1. The Morgan fingerprint density at radius 2 is 1.34 bits per heavy atom. The van der Waals surface area contributed by atoms with E-state index >= 15 is 0 Å². The van der Waals surface area contributed by atoms with Crippen molar-refractivity contribution in [3.8, 4) is 5.75 Å². The molecular weight excluding hydrogens is 408 g/mol. The summed E-state index contributed by atoms with van der Waals surface area (Å²) in [5.74, 6) is 2.37. The molecule has 0 saturated carbocycles. The maximum Gasteiger partial charge on any atom is 0.232 e. The summed E-state index contributed by atoms with van der Waals surface area (Å²) in [5.41, 5.74) is 25.8. The van der Waals surface area contributed by atoms with Crippen molar-refractivity contribution in [2.24, 2.45) is 22.9 Å². The zero-order chi connectivity index (χ0) is 22.7. The smallest absolute Gasteiger partial charge is 0.232 e. The average Bonchev–Trinajstić information content (AvgIpc) is 2.76. The number of nitrogens with two attached hydrogens (primary N) is 4. The summed E-state index contributed by atoms with van der Waals surface area (Å²) >= 11 is 0. The third-order valence-electron chi connectivity index (χ3n) is 5.84. The monoisotopic (exact) mass is 442 g/mol. The zero-order valence-electron chi connectivity index (χ0n) is 18.5.